The van der Waals surface area contributed by atoms with Gasteiger partial charge in [-0.1, -0.05) is 40.0 Å². The van der Waals surface area contributed by atoms with E-state index in [1.54, 1.807) is 31.6 Å². The molecule has 20 nitrogen and oxygen atoms in total. The zero-order valence-electron chi connectivity index (χ0n) is 56.8. The smallest absolute Gasteiger partial charge is 0.446 e. The van der Waals surface area contributed by atoms with Crippen molar-refractivity contribution in [2.24, 2.45) is 5.92 Å². The maximum atomic E-state index is 12.3. The number of hydroxylamine groups is 2. The second-order valence-electron chi connectivity index (χ2n) is 27.1. The minimum absolute atomic E-state index is 0.0200. The normalized spacial score (nSPS) is 13.4. The van der Waals surface area contributed by atoms with Crippen molar-refractivity contribution < 1.29 is 47.4 Å². The molecule has 8 heterocycles. The Labute approximate surface area is 534 Å². The average molecular weight is 1260 g/mol. The van der Waals surface area contributed by atoms with Gasteiger partial charge in [0, 0.05) is 76.9 Å². The van der Waals surface area contributed by atoms with Crippen LogP contribution in [0.5, 0.6) is 0 Å². The van der Waals surface area contributed by atoms with Gasteiger partial charge >= 0.3 is 12.1 Å². The third-order valence-electron chi connectivity index (χ3n) is 13.0. The number of aromatic carboxylic acids is 1. The number of carboxylic acids is 1. The van der Waals surface area contributed by atoms with Gasteiger partial charge in [-0.25, -0.2) is 29.8 Å². The van der Waals surface area contributed by atoms with Gasteiger partial charge in [-0.2, -0.15) is 13.2 Å². The number of amides is 1. The standard InChI is InChI=1S/C18H31N3O.C18H25N3O.C16H22N4O2.C14H17N3O2.C2HF3O/c2*1-6-7-8-15(22)14-10-13-9-12(2)11-19-16(13)17(20-14)21-18(3,4)5;1-10-7-11-8-12(15(21)20(5)22-6)18-14(13(11)17-9-10)19-16(2,3)4;1-8-5-9-6-10(13(18)19)16-12(11(9)15-7-8)17-14(2,3)4;3-2(4,5)1-6/h10,12,15,19,22H,6-9,11H2,1-5H3,(H,20,21);9-11H,6-8H2,1-5H3,(H,20,21);7-9H,1-6H3,(H,18,19);5-7H,1-4H3,(H,16,17)(H,18,19);1H. The monoisotopic (exact) mass is 1260 g/mol. The van der Waals surface area contributed by atoms with E-state index in [0.29, 0.717) is 46.7 Å². The molecule has 7 N–H and O–H groups in total. The Morgan fingerprint density at radius 3 is 1.44 bits per heavy atom. The highest BCUT2D eigenvalue weighted by Gasteiger charge is 2.27. The molecule has 1 aliphatic heterocycles. The minimum Gasteiger partial charge on any atom is -0.477 e. The second-order valence-corrected chi connectivity index (χ2v) is 27.1. The molecule has 0 aromatic carbocycles. The van der Waals surface area contributed by atoms with E-state index in [4.69, 9.17) is 19.7 Å². The molecule has 2 unspecified atom stereocenters. The van der Waals surface area contributed by atoms with E-state index < -0.39 is 24.5 Å². The average Bonchev–Trinajstić information content (AvgIpc) is 0.870. The molecule has 0 spiro atoms. The summed E-state index contributed by atoms with van der Waals surface area (Å²) in [5, 5.41) is 40.2. The van der Waals surface area contributed by atoms with Crippen molar-refractivity contribution in [2.75, 3.05) is 47.3 Å². The van der Waals surface area contributed by atoms with Crippen LogP contribution in [0.3, 0.4) is 0 Å². The number of hydrogen-bond donors (Lipinski definition) is 7. The lowest BCUT2D eigenvalue weighted by Crippen LogP contribution is -2.30. The van der Waals surface area contributed by atoms with Crippen molar-refractivity contribution in [3.63, 3.8) is 0 Å². The number of alkyl halides is 3. The third-order valence-corrected chi connectivity index (χ3v) is 13.0. The fraction of sp³-hybridized carbons (Fsp3) is 0.515. The quantitative estimate of drug-likeness (QED) is 0.0285. The maximum Gasteiger partial charge on any atom is 0.446 e. The highest BCUT2D eigenvalue weighted by Crippen LogP contribution is 2.35. The SMILES string of the molecule is CCCCC(=O)c1cc2cc(C)cnc2c(NC(C)(C)C)n1.CCCCC(O)c1cc2c(c(NC(C)(C)C)n1)NCC(C)C2.CON(C)C(=O)c1cc2cc(C)cnc2c(NC(C)(C)C)n1.Cc1cnc2c(NC(C)(C)C)nc(C(=O)O)cc2c1.O=CC(F)(F)F. The molecule has 8 rings (SSSR count). The Balaban J connectivity index is 0.000000251. The maximum absolute atomic E-state index is 12.3. The van der Waals surface area contributed by atoms with Gasteiger partial charge in [-0.05, 0) is 194 Å². The number of hydrogen-bond acceptors (Lipinski definition) is 18. The van der Waals surface area contributed by atoms with E-state index >= 15 is 0 Å². The van der Waals surface area contributed by atoms with Crippen LogP contribution in [-0.4, -0.2) is 123 Å². The van der Waals surface area contributed by atoms with Crippen LogP contribution in [0, 0.1) is 26.7 Å². The first-order valence-corrected chi connectivity index (χ1v) is 30.7. The topological polar surface area (TPSA) is 272 Å². The van der Waals surface area contributed by atoms with E-state index in [9.17, 15) is 32.7 Å². The van der Waals surface area contributed by atoms with E-state index in [2.05, 4.69) is 131 Å². The zero-order valence-corrected chi connectivity index (χ0v) is 56.8. The summed E-state index contributed by atoms with van der Waals surface area (Å²) in [6.07, 6.45) is 5.58. The number of nitrogens with zero attached hydrogens (tertiary/aromatic N) is 8. The third kappa shape index (κ3) is 24.9. The summed E-state index contributed by atoms with van der Waals surface area (Å²) >= 11 is 0. The molecule has 2 atom stereocenters. The molecular formula is C68H96F3N13O7. The number of fused-ring (bicyclic) bond motifs is 4. The molecule has 23 heteroatoms. The number of rotatable bonds is 15. The lowest BCUT2D eigenvalue weighted by atomic mass is 9.94. The fourth-order valence-corrected chi connectivity index (χ4v) is 9.02. The number of carboxylic acid groups (broad SMARTS) is 1. The summed E-state index contributed by atoms with van der Waals surface area (Å²) in [4.78, 5) is 80.6. The number of aryl methyl sites for hydroxylation is 3. The molecule has 91 heavy (non-hydrogen) atoms. The summed E-state index contributed by atoms with van der Waals surface area (Å²) in [7, 11) is 3.00. The molecule has 1 aliphatic rings. The number of carbonyl (C=O) groups is 4. The predicted octanol–water partition coefficient (Wildman–Crippen LogP) is 15.0. The van der Waals surface area contributed by atoms with E-state index in [0.717, 1.165) is 111 Å². The molecular weight excluding hydrogens is 1170 g/mol. The number of aromatic nitrogens is 7. The molecule has 496 valence electrons. The number of carbonyl (C=O) groups excluding carboxylic acids is 3. The van der Waals surface area contributed by atoms with Crippen molar-refractivity contribution >= 4 is 85.6 Å². The van der Waals surface area contributed by atoms with Gasteiger partial charge in [0.2, 0.25) is 6.29 Å². The van der Waals surface area contributed by atoms with Gasteiger partial charge in [-0.3, -0.25) is 34.2 Å². The van der Waals surface area contributed by atoms with Crippen LogP contribution in [0.15, 0.2) is 61.1 Å². The molecule has 0 aliphatic carbocycles. The number of aldehydes is 1. The van der Waals surface area contributed by atoms with Gasteiger partial charge in [0.1, 0.15) is 27.9 Å². The van der Waals surface area contributed by atoms with Crippen LogP contribution in [0.2, 0.25) is 0 Å². The summed E-state index contributed by atoms with van der Waals surface area (Å²) in [5.41, 5.74) is 8.77. The van der Waals surface area contributed by atoms with E-state index in [1.807, 2.05) is 86.7 Å². The molecule has 1 amide bonds. The van der Waals surface area contributed by atoms with E-state index in [-0.39, 0.29) is 39.5 Å². The van der Waals surface area contributed by atoms with Crippen molar-refractivity contribution in [3.8, 4) is 0 Å². The first-order chi connectivity index (χ1) is 42.1. The highest BCUT2D eigenvalue weighted by molar-refractivity contribution is 6.01. The number of pyridine rings is 7. The van der Waals surface area contributed by atoms with E-state index in [1.165, 1.54) is 12.7 Å². The Bertz CT molecular complexity index is 3630. The molecule has 0 fully saturated rings. The zero-order chi connectivity index (χ0) is 68.6. The van der Waals surface area contributed by atoms with Gasteiger partial charge in [0.15, 0.2) is 34.7 Å². The largest absolute Gasteiger partial charge is 0.477 e. The van der Waals surface area contributed by atoms with Gasteiger partial charge in [0.05, 0.1) is 24.6 Å². The molecule has 7 aromatic heterocycles. The Hall–Kier alpha value is -8.18. The van der Waals surface area contributed by atoms with Gasteiger partial charge in [0.25, 0.3) is 5.91 Å². The van der Waals surface area contributed by atoms with Crippen molar-refractivity contribution in [1.29, 1.82) is 0 Å². The summed E-state index contributed by atoms with van der Waals surface area (Å²) in [6, 6.07) is 13.2. The number of aliphatic hydroxyl groups is 1. The Morgan fingerprint density at radius 1 is 0.648 bits per heavy atom. The van der Waals surface area contributed by atoms with Crippen LogP contribution in [-0.2, 0) is 16.1 Å². The lowest BCUT2D eigenvalue weighted by Gasteiger charge is -2.30. The Morgan fingerprint density at radius 2 is 1.04 bits per heavy atom. The summed E-state index contributed by atoms with van der Waals surface area (Å²) in [6.45, 7) is 38.0. The molecule has 0 radical (unpaired) electrons. The highest BCUT2D eigenvalue weighted by atomic mass is 19.4. The lowest BCUT2D eigenvalue weighted by molar-refractivity contribution is -0.156. The number of nitrogens with one attached hydrogen (secondary N) is 5. The fourth-order valence-electron chi connectivity index (χ4n) is 9.02. The first-order valence-electron chi connectivity index (χ1n) is 30.7. The van der Waals surface area contributed by atoms with Gasteiger partial charge < -0.3 is 36.8 Å². The number of unbranched alkanes of at least 4 members (excludes halogenated alkanes) is 2. The van der Waals surface area contributed by atoms with Crippen LogP contribution in [0.25, 0.3) is 32.7 Å². The summed E-state index contributed by atoms with van der Waals surface area (Å²) in [5.74, 6) is 2.02. The number of Topliss-reactive ketones (excluding diaryl/α,β-unsaturated/α-hetero) is 1. The molecule has 0 bridgehead atoms. The van der Waals surface area contributed by atoms with Gasteiger partial charge in [-0.15, -0.1) is 0 Å². The Kier molecular flexibility index (Phi) is 26.6. The number of ketones is 1. The first kappa shape index (κ1) is 75.3. The summed E-state index contributed by atoms with van der Waals surface area (Å²) < 4.78 is 31.2. The van der Waals surface area contributed by atoms with Crippen LogP contribution in [0.1, 0.15) is 208 Å². The molecule has 7 aromatic rings. The van der Waals surface area contributed by atoms with Crippen molar-refractivity contribution in [2.45, 2.75) is 204 Å². The second kappa shape index (κ2) is 32.2. The number of anilines is 5. The van der Waals surface area contributed by atoms with Crippen LogP contribution >= 0.6 is 0 Å². The molecule has 0 saturated heterocycles. The van der Waals surface area contributed by atoms with Crippen LogP contribution in [0.4, 0.5) is 42.1 Å². The number of halogens is 3. The molecule has 0 saturated carbocycles. The van der Waals surface area contributed by atoms with Crippen molar-refractivity contribution in [3.05, 3.63) is 106 Å². The van der Waals surface area contributed by atoms with Crippen molar-refractivity contribution in [1.82, 2.24) is 40.0 Å². The van der Waals surface area contributed by atoms with Crippen LogP contribution < -0.4 is 26.6 Å². The predicted molar refractivity (Wildman–Crippen MR) is 358 cm³/mol. The minimum atomic E-state index is -4.64. The number of aliphatic hydroxyl groups excluding tert-OH is 1.